The van der Waals surface area contributed by atoms with Gasteiger partial charge in [-0.2, -0.15) is 5.01 Å². The maximum atomic E-state index is 13.8. The van der Waals surface area contributed by atoms with Gasteiger partial charge >= 0.3 is 0 Å². The zero-order valence-corrected chi connectivity index (χ0v) is 19.2. The van der Waals surface area contributed by atoms with Crippen LogP contribution in [0.3, 0.4) is 0 Å². The number of hydrogen-bond donors (Lipinski definition) is 1. The first-order chi connectivity index (χ1) is 15.2. The minimum Gasteiger partial charge on any atom is -0.491 e. The van der Waals surface area contributed by atoms with E-state index in [1.807, 2.05) is 56.3 Å². The molecule has 0 aliphatic carbocycles. The van der Waals surface area contributed by atoms with Crippen molar-refractivity contribution >= 4 is 40.3 Å². The predicted octanol–water partition coefficient (Wildman–Crippen LogP) is 2.88. The number of amides is 3. The number of amidine groups is 1. The maximum Gasteiger partial charge on any atom is 0.270 e. The van der Waals surface area contributed by atoms with E-state index in [2.05, 4.69) is 10.4 Å². The zero-order valence-electron chi connectivity index (χ0n) is 18.3. The van der Waals surface area contributed by atoms with Crippen molar-refractivity contribution in [3.05, 3.63) is 59.2 Å². The molecule has 2 aliphatic heterocycles. The summed E-state index contributed by atoms with van der Waals surface area (Å²) in [6.45, 7) is 7.18. The first kappa shape index (κ1) is 21.9. The number of thioether (sulfide) groups is 1. The van der Waals surface area contributed by atoms with Crippen molar-refractivity contribution in [3.8, 4) is 5.75 Å². The standard InChI is InChI=1S/C23H24N4O4S/c1-14-9-10-19-18(13-14)23(27(17(4)29)25-22(32-23)24-16(3)28)21(30)26(19)11-12-31-20-8-6-5-7-15(20)2/h5-10,13H,11-12H2,1-4H3,(H,24,25,28). The fraction of sp³-hybridized carbons (Fsp3) is 0.304. The predicted molar refractivity (Wildman–Crippen MR) is 123 cm³/mol. The van der Waals surface area contributed by atoms with Gasteiger partial charge in [-0.3, -0.25) is 14.4 Å². The second-order valence-corrected chi connectivity index (χ2v) is 8.94. The SMILES string of the molecule is CC(=O)NC1=NN(C(C)=O)C2(S1)C(=O)N(CCOc1ccccc1C)c1ccc(C)cc12. The maximum absolute atomic E-state index is 13.8. The molecule has 1 N–H and O–H groups in total. The van der Waals surface area contributed by atoms with Gasteiger partial charge in [0.05, 0.1) is 12.2 Å². The number of hydrazone groups is 1. The van der Waals surface area contributed by atoms with E-state index in [0.29, 0.717) is 17.8 Å². The highest BCUT2D eigenvalue weighted by Crippen LogP contribution is 2.54. The number of fused-ring (bicyclic) bond motifs is 2. The molecule has 0 saturated heterocycles. The van der Waals surface area contributed by atoms with E-state index in [4.69, 9.17) is 4.74 Å². The van der Waals surface area contributed by atoms with E-state index < -0.39 is 10.8 Å². The highest BCUT2D eigenvalue weighted by Gasteiger charge is 2.61. The summed E-state index contributed by atoms with van der Waals surface area (Å²) in [5.74, 6) is -0.252. The second kappa shape index (κ2) is 8.31. The summed E-state index contributed by atoms with van der Waals surface area (Å²) in [4.78, 5) is 38.2. The van der Waals surface area contributed by atoms with E-state index in [1.165, 1.54) is 18.9 Å². The average Bonchev–Trinajstić information content (AvgIpc) is 3.21. The second-order valence-electron chi connectivity index (χ2n) is 7.75. The molecule has 3 amide bonds. The molecule has 8 nitrogen and oxygen atoms in total. The molecule has 2 heterocycles. The summed E-state index contributed by atoms with van der Waals surface area (Å²) in [6.07, 6.45) is 0. The van der Waals surface area contributed by atoms with Crippen LogP contribution in [0.1, 0.15) is 30.5 Å². The number of carbonyl (C=O) groups excluding carboxylic acids is 3. The Morgan fingerprint density at radius 1 is 1.16 bits per heavy atom. The van der Waals surface area contributed by atoms with Crippen LogP contribution < -0.4 is 15.0 Å². The number of para-hydroxylation sites is 1. The Morgan fingerprint density at radius 2 is 1.91 bits per heavy atom. The number of nitrogens with one attached hydrogen (secondary N) is 1. The molecule has 9 heteroatoms. The highest BCUT2D eigenvalue weighted by atomic mass is 32.2. The number of aryl methyl sites for hydroxylation is 2. The number of rotatable bonds is 4. The molecule has 2 aromatic carbocycles. The van der Waals surface area contributed by atoms with Gasteiger partial charge in [0, 0.05) is 19.4 Å². The molecule has 2 aliphatic rings. The van der Waals surface area contributed by atoms with Crippen LogP contribution in [-0.4, -0.2) is 41.0 Å². The topological polar surface area (TPSA) is 91.3 Å². The lowest BCUT2D eigenvalue weighted by molar-refractivity contribution is -0.139. The largest absolute Gasteiger partial charge is 0.491 e. The number of anilines is 1. The van der Waals surface area contributed by atoms with Gasteiger partial charge in [0.2, 0.25) is 16.7 Å². The fourth-order valence-corrected chi connectivity index (χ4v) is 5.24. The van der Waals surface area contributed by atoms with Crippen molar-refractivity contribution in [2.45, 2.75) is 32.6 Å². The third kappa shape index (κ3) is 3.62. The monoisotopic (exact) mass is 452 g/mol. The Hall–Kier alpha value is -3.33. The Bertz CT molecular complexity index is 1150. The summed E-state index contributed by atoms with van der Waals surface area (Å²) < 4.78 is 5.92. The molecule has 4 rings (SSSR count). The molecule has 1 atom stereocenters. The van der Waals surface area contributed by atoms with Gasteiger partial charge < -0.3 is 15.0 Å². The van der Waals surface area contributed by atoms with Crippen molar-refractivity contribution in [1.29, 1.82) is 0 Å². The summed E-state index contributed by atoms with van der Waals surface area (Å²) in [5, 5.41) is 8.27. The third-order valence-electron chi connectivity index (χ3n) is 5.32. The van der Waals surface area contributed by atoms with Crippen molar-refractivity contribution in [2.75, 3.05) is 18.1 Å². The minimum atomic E-state index is -1.40. The molecular weight excluding hydrogens is 428 g/mol. The number of hydrogen-bond acceptors (Lipinski definition) is 6. The molecule has 0 saturated carbocycles. The average molecular weight is 453 g/mol. The van der Waals surface area contributed by atoms with E-state index in [1.54, 1.807) is 4.90 Å². The Balaban J connectivity index is 1.67. The molecule has 2 aromatic rings. The minimum absolute atomic E-state index is 0.214. The van der Waals surface area contributed by atoms with Crippen molar-refractivity contribution in [3.63, 3.8) is 0 Å². The first-order valence-electron chi connectivity index (χ1n) is 10.2. The highest BCUT2D eigenvalue weighted by molar-refractivity contribution is 8.15. The molecular formula is C23H24N4O4S. The quantitative estimate of drug-likeness (QED) is 0.770. The lowest BCUT2D eigenvalue weighted by Crippen LogP contribution is -2.49. The van der Waals surface area contributed by atoms with Gasteiger partial charge in [-0.05, 0) is 43.3 Å². The van der Waals surface area contributed by atoms with Crippen LogP contribution >= 0.6 is 11.8 Å². The number of benzene rings is 2. The van der Waals surface area contributed by atoms with Crippen LogP contribution in [0.15, 0.2) is 47.6 Å². The number of nitrogens with zero attached hydrogens (tertiary/aromatic N) is 3. The zero-order chi connectivity index (χ0) is 23.0. The van der Waals surface area contributed by atoms with Crippen LogP contribution in [0.4, 0.5) is 5.69 Å². The molecule has 1 spiro atoms. The summed E-state index contributed by atoms with van der Waals surface area (Å²) >= 11 is 1.07. The Morgan fingerprint density at radius 3 is 2.59 bits per heavy atom. The third-order valence-corrected chi connectivity index (χ3v) is 6.56. The number of ether oxygens (including phenoxy) is 1. The van der Waals surface area contributed by atoms with Crippen LogP contribution in [-0.2, 0) is 19.3 Å². The smallest absolute Gasteiger partial charge is 0.270 e. The van der Waals surface area contributed by atoms with Gasteiger partial charge in [0.15, 0.2) is 5.17 Å². The van der Waals surface area contributed by atoms with Crippen molar-refractivity contribution < 1.29 is 19.1 Å². The van der Waals surface area contributed by atoms with Crippen LogP contribution in [0, 0.1) is 13.8 Å². The summed E-state index contributed by atoms with van der Waals surface area (Å²) in [5.41, 5.74) is 3.33. The Kier molecular flexibility index (Phi) is 5.68. The Labute approximate surface area is 190 Å². The molecule has 0 aromatic heterocycles. The van der Waals surface area contributed by atoms with Gasteiger partial charge in [-0.1, -0.05) is 35.9 Å². The van der Waals surface area contributed by atoms with Gasteiger partial charge in [-0.25, -0.2) is 0 Å². The normalized spacial score (nSPS) is 19.2. The molecule has 1 unspecified atom stereocenters. The molecule has 32 heavy (non-hydrogen) atoms. The fourth-order valence-electron chi connectivity index (χ4n) is 3.91. The molecule has 166 valence electrons. The van der Waals surface area contributed by atoms with Gasteiger partial charge in [0.1, 0.15) is 12.4 Å². The van der Waals surface area contributed by atoms with E-state index >= 15 is 0 Å². The lowest BCUT2D eigenvalue weighted by atomic mass is 10.0. The van der Waals surface area contributed by atoms with Gasteiger partial charge in [0.25, 0.3) is 5.91 Å². The molecule has 0 fully saturated rings. The summed E-state index contributed by atoms with van der Waals surface area (Å²) in [7, 11) is 0. The summed E-state index contributed by atoms with van der Waals surface area (Å²) in [6, 6.07) is 13.4. The van der Waals surface area contributed by atoms with Crippen LogP contribution in [0.25, 0.3) is 0 Å². The van der Waals surface area contributed by atoms with E-state index in [9.17, 15) is 14.4 Å². The van der Waals surface area contributed by atoms with Crippen molar-refractivity contribution in [2.24, 2.45) is 5.10 Å². The van der Waals surface area contributed by atoms with Crippen molar-refractivity contribution in [1.82, 2.24) is 10.3 Å². The molecule has 0 bridgehead atoms. The van der Waals surface area contributed by atoms with Gasteiger partial charge in [-0.15, -0.1) is 5.10 Å². The first-order valence-corrected chi connectivity index (χ1v) is 11.0. The lowest BCUT2D eigenvalue weighted by Gasteiger charge is -2.29. The van der Waals surface area contributed by atoms with E-state index in [-0.39, 0.29) is 23.6 Å². The van der Waals surface area contributed by atoms with E-state index in [0.717, 1.165) is 28.6 Å². The van der Waals surface area contributed by atoms with Crippen LogP contribution in [0.5, 0.6) is 5.75 Å². The molecule has 0 radical (unpaired) electrons. The van der Waals surface area contributed by atoms with Crippen LogP contribution in [0.2, 0.25) is 0 Å². The number of carbonyl (C=O) groups is 3.